The molecular weight excluding hydrogens is 382 g/mol. The molecule has 0 saturated heterocycles. The monoisotopic (exact) mass is 403 g/mol. The number of carbonyl (C=O) groups is 3. The minimum Gasteiger partial charge on any atom is -0.453 e. The fourth-order valence-electron chi connectivity index (χ4n) is 3.05. The van der Waals surface area contributed by atoms with Crippen LogP contribution in [0.1, 0.15) is 34.3 Å². The Balaban J connectivity index is 1.66. The quantitative estimate of drug-likeness (QED) is 0.344. The number of nitrogens with one attached hydrogen (secondary N) is 1. The van der Waals surface area contributed by atoms with Gasteiger partial charge in [0.05, 0.1) is 5.92 Å². The van der Waals surface area contributed by atoms with Crippen molar-refractivity contribution in [3.63, 3.8) is 0 Å². The van der Waals surface area contributed by atoms with Crippen LogP contribution in [0.2, 0.25) is 0 Å². The number of hydrogen-bond donors (Lipinski definition) is 1. The molecular formula is C23H21N3O4. The molecule has 1 amide bonds. The first kappa shape index (κ1) is 20.8. The molecule has 1 atom stereocenters. The molecule has 152 valence electrons. The third-order valence-electron chi connectivity index (χ3n) is 4.89. The number of ketones is 1. The zero-order chi connectivity index (χ0) is 21.8. The van der Waals surface area contributed by atoms with Crippen LogP contribution in [-0.2, 0) is 14.3 Å². The molecule has 0 fully saturated rings. The van der Waals surface area contributed by atoms with Crippen molar-refractivity contribution in [3.05, 3.63) is 64.7 Å². The number of nitrogens with zero attached hydrogens (tertiary/aromatic N) is 2. The van der Waals surface area contributed by atoms with Gasteiger partial charge in [-0.25, -0.2) is 4.79 Å². The number of rotatable bonds is 6. The summed E-state index contributed by atoms with van der Waals surface area (Å²) in [4.78, 5) is 38.3. The van der Waals surface area contributed by atoms with Crippen LogP contribution in [-0.4, -0.2) is 38.4 Å². The van der Waals surface area contributed by atoms with Gasteiger partial charge in [-0.2, -0.15) is 5.26 Å². The molecule has 2 aromatic carbocycles. The predicted octanol–water partition coefficient (Wildman–Crippen LogP) is 3.14. The first-order valence-corrected chi connectivity index (χ1v) is 9.34. The fourth-order valence-corrected chi connectivity index (χ4v) is 3.05. The minimum absolute atomic E-state index is 0.122. The van der Waals surface area contributed by atoms with Gasteiger partial charge < -0.3 is 15.0 Å². The van der Waals surface area contributed by atoms with Crippen molar-refractivity contribution in [1.82, 2.24) is 0 Å². The number of hydrogen-bond acceptors (Lipinski definition) is 6. The first-order valence-electron chi connectivity index (χ1n) is 9.34. The zero-order valence-corrected chi connectivity index (χ0v) is 16.9. The lowest BCUT2D eigenvalue weighted by atomic mass is 9.99. The molecule has 0 saturated carbocycles. The normalized spacial score (nSPS) is 15.1. The zero-order valence-electron chi connectivity index (χ0n) is 16.9. The van der Waals surface area contributed by atoms with Crippen LogP contribution >= 0.6 is 0 Å². The van der Waals surface area contributed by atoms with Gasteiger partial charge in [-0.3, -0.25) is 9.59 Å². The number of carbonyl (C=O) groups excluding carboxylic acids is 3. The van der Waals surface area contributed by atoms with Gasteiger partial charge in [0.1, 0.15) is 11.6 Å². The maximum atomic E-state index is 12.4. The molecule has 1 N–H and O–H groups in total. The highest BCUT2D eigenvalue weighted by atomic mass is 16.5. The summed E-state index contributed by atoms with van der Waals surface area (Å²) in [6, 6.07) is 14.0. The average Bonchev–Trinajstić information content (AvgIpc) is 3.03. The van der Waals surface area contributed by atoms with Crippen LogP contribution in [0.5, 0.6) is 0 Å². The molecule has 7 nitrogen and oxygen atoms in total. The maximum Gasteiger partial charge on any atom is 0.349 e. The van der Waals surface area contributed by atoms with E-state index in [4.69, 9.17) is 4.74 Å². The third-order valence-corrected chi connectivity index (χ3v) is 4.89. The van der Waals surface area contributed by atoms with E-state index in [1.807, 2.05) is 37.2 Å². The van der Waals surface area contributed by atoms with Gasteiger partial charge >= 0.3 is 5.97 Å². The van der Waals surface area contributed by atoms with E-state index < -0.39 is 18.4 Å². The standard InChI is InChI=1S/C23H21N3O4/c1-14-19-11-16(6-9-20(19)25-22(14)28)21(27)13-30-23(29)17(12-24)10-15-4-7-18(8-5-15)26(2)3/h4-11,14H,13H2,1-3H3,(H,25,28)/b17-10+/t14-/m0/s1. The summed E-state index contributed by atoms with van der Waals surface area (Å²) >= 11 is 0. The molecule has 7 heteroatoms. The number of Topliss-reactive ketones (excluding diaryl/α,β-unsaturated/α-hetero) is 1. The number of anilines is 2. The molecule has 1 heterocycles. The van der Waals surface area contributed by atoms with E-state index in [2.05, 4.69) is 5.32 Å². The van der Waals surface area contributed by atoms with Crippen LogP contribution in [0, 0.1) is 11.3 Å². The second kappa shape index (κ2) is 8.62. The molecule has 0 unspecified atom stereocenters. The number of fused-ring (bicyclic) bond motifs is 1. The second-order valence-corrected chi connectivity index (χ2v) is 7.17. The Morgan fingerprint density at radius 3 is 2.53 bits per heavy atom. The van der Waals surface area contributed by atoms with E-state index >= 15 is 0 Å². The van der Waals surface area contributed by atoms with Gasteiger partial charge in [-0.1, -0.05) is 12.1 Å². The molecule has 0 aromatic heterocycles. The molecule has 0 spiro atoms. The van der Waals surface area contributed by atoms with Crippen molar-refractivity contribution >= 4 is 35.1 Å². The number of amides is 1. The summed E-state index contributed by atoms with van der Waals surface area (Å²) in [5, 5.41) is 12.0. The van der Waals surface area contributed by atoms with E-state index in [1.54, 1.807) is 37.3 Å². The van der Waals surface area contributed by atoms with Gasteiger partial charge in [0.25, 0.3) is 0 Å². The van der Waals surface area contributed by atoms with Gasteiger partial charge in [0, 0.05) is 31.0 Å². The average molecular weight is 403 g/mol. The maximum absolute atomic E-state index is 12.4. The summed E-state index contributed by atoms with van der Waals surface area (Å²) in [5.74, 6) is -1.75. The van der Waals surface area contributed by atoms with Gasteiger partial charge in [0.2, 0.25) is 5.91 Å². The molecule has 0 radical (unpaired) electrons. The number of esters is 1. The predicted molar refractivity (Wildman–Crippen MR) is 113 cm³/mol. The van der Waals surface area contributed by atoms with E-state index in [1.165, 1.54) is 6.08 Å². The van der Waals surface area contributed by atoms with Crippen molar-refractivity contribution in [2.45, 2.75) is 12.8 Å². The van der Waals surface area contributed by atoms with E-state index in [0.717, 1.165) is 11.3 Å². The van der Waals surface area contributed by atoms with Crippen molar-refractivity contribution in [2.24, 2.45) is 0 Å². The highest BCUT2D eigenvalue weighted by molar-refractivity contribution is 6.05. The van der Waals surface area contributed by atoms with Crippen molar-refractivity contribution in [3.8, 4) is 6.07 Å². The van der Waals surface area contributed by atoms with Gasteiger partial charge in [0.15, 0.2) is 12.4 Å². The summed E-state index contributed by atoms with van der Waals surface area (Å²) in [6.45, 7) is 1.26. The number of nitriles is 1. The van der Waals surface area contributed by atoms with Crippen molar-refractivity contribution in [2.75, 3.05) is 30.9 Å². The Bertz CT molecular complexity index is 1080. The number of ether oxygens (including phenoxy) is 1. The van der Waals surface area contributed by atoms with Crippen molar-refractivity contribution < 1.29 is 19.1 Å². The van der Waals surface area contributed by atoms with Crippen LogP contribution in [0.3, 0.4) is 0 Å². The molecule has 30 heavy (non-hydrogen) atoms. The molecule has 3 rings (SSSR count). The Morgan fingerprint density at radius 1 is 1.20 bits per heavy atom. The van der Waals surface area contributed by atoms with Gasteiger partial charge in [-0.05, 0) is 54.5 Å². The molecule has 0 bridgehead atoms. The van der Waals surface area contributed by atoms with Crippen LogP contribution in [0.25, 0.3) is 6.08 Å². The Labute approximate surface area is 174 Å². The Kier molecular flexibility index (Phi) is 5.98. The molecule has 1 aliphatic heterocycles. The van der Waals surface area contributed by atoms with E-state index in [-0.39, 0.29) is 17.4 Å². The number of benzene rings is 2. The lowest BCUT2D eigenvalue weighted by Crippen LogP contribution is -2.15. The Hall–Kier alpha value is -3.92. The molecule has 1 aliphatic rings. The third kappa shape index (κ3) is 4.39. The largest absolute Gasteiger partial charge is 0.453 e. The fraction of sp³-hybridized carbons (Fsp3) is 0.217. The van der Waals surface area contributed by atoms with Gasteiger partial charge in [-0.15, -0.1) is 0 Å². The Morgan fingerprint density at radius 2 is 1.90 bits per heavy atom. The van der Waals surface area contributed by atoms with E-state index in [0.29, 0.717) is 16.8 Å². The highest BCUT2D eigenvalue weighted by Gasteiger charge is 2.27. The van der Waals surface area contributed by atoms with Crippen LogP contribution in [0.4, 0.5) is 11.4 Å². The first-order chi connectivity index (χ1) is 14.3. The summed E-state index contributed by atoms with van der Waals surface area (Å²) in [5.41, 5.74) is 3.21. The lowest BCUT2D eigenvalue weighted by Gasteiger charge is -2.11. The SMILES string of the molecule is C[C@@H]1C(=O)Nc2ccc(C(=O)COC(=O)/C(C#N)=C/c3ccc(N(C)C)cc3)cc21. The van der Waals surface area contributed by atoms with Crippen LogP contribution in [0.15, 0.2) is 48.0 Å². The smallest absolute Gasteiger partial charge is 0.349 e. The summed E-state index contributed by atoms with van der Waals surface area (Å²) < 4.78 is 5.04. The molecule has 0 aliphatic carbocycles. The molecule has 2 aromatic rings. The lowest BCUT2D eigenvalue weighted by molar-refractivity contribution is -0.137. The second-order valence-electron chi connectivity index (χ2n) is 7.17. The van der Waals surface area contributed by atoms with E-state index in [9.17, 15) is 19.6 Å². The highest BCUT2D eigenvalue weighted by Crippen LogP contribution is 2.32. The topological polar surface area (TPSA) is 99.5 Å². The summed E-state index contributed by atoms with van der Waals surface area (Å²) in [7, 11) is 3.83. The summed E-state index contributed by atoms with van der Waals surface area (Å²) in [6.07, 6.45) is 1.42. The minimum atomic E-state index is -0.867. The van der Waals surface area contributed by atoms with Crippen molar-refractivity contribution in [1.29, 1.82) is 5.26 Å². The van der Waals surface area contributed by atoms with Crippen LogP contribution < -0.4 is 10.2 Å².